The lowest BCUT2D eigenvalue weighted by molar-refractivity contribution is -0.119. The van der Waals surface area contributed by atoms with Gasteiger partial charge >= 0.3 is 6.03 Å². The van der Waals surface area contributed by atoms with Gasteiger partial charge in [-0.2, -0.15) is 0 Å². The van der Waals surface area contributed by atoms with Gasteiger partial charge in [0.15, 0.2) is 0 Å². The van der Waals surface area contributed by atoms with Crippen LogP contribution in [0.15, 0.2) is 65.1 Å². The zero-order valence-corrected chi connectivity index (χ0v) is 27.0. The minimum absolute atomic E-state index is 0.132. The van der Waals surface area contributed by atoms with E-state index in [-0.39, 0.29) is 30.3 Å². The van der Waals surface area contributed by atoms with E-state index in [1.54, 1.807) is 34.1 Å². The molecule has 1 unspecified atom stereocenters. The summed E-state index contributed by atoms with van der Waals surface area (Å²) in [6.07, 6.45) is 1.81. The van der Waals surface area contributed by atoms with Gasteiger partial charge in [0.25, 0.3) is 11.8 Å². The minimum atomic E-state index is -1.25. The van der Waals surface area contributed by atoms with Crippen LogP contribution in [0.1, 0.15) is 34.3 Å². The highest BCUT2D eigenvalue weighted by atomic mass is 79.9. The first-order valence-electron chi connectivity index (χ1n) is 14.6. The number of morpholine rings is 1. The van der Waals surface area contributed by atoms with Gasteiger partial charge in [-0.1, -0.05) is 57.3 Å². The summed E-state index contributed by atoms with van der Waals surface area (Å²) < 4.78 is 6.11. The second kappa shape index (κ2) is 13.0. The number of carbonyl (C=O) groups is 3. The summed E-state index contributed by atoms with van der Waals surface area (Å²) in [5.41, 5.74) is 1.85. The maximum Gasteiger partial charge on any atom is 0.317 e. The molecule has 3 aliphatic heterocycles. The predicted octanol–water partition coefficient (Wildman–Crippen LogP) is 5.90. The van der Waals surface area contributed by atoms with Crippen LogP contribution >= 0.6 is 39.1 Å². The van der Waals surface area contributed by atoms with Crippen LogP contribution in [0.3, 0.4) is 0 Å². The monoisotopic (exact) mass is 699 g/mol. The standard InChI is InChI=1S/C32H32BrCl2N5O4/c33-21-6-8-25(29(41)40-10-2-5-24(19-40)36-31(43)39-11-13-44-14-12-39)27(16-21)38-32(18-20-3-1-4-22(34)15-20)26-9-7-23(35)17-28(26)37-30(32)42/h1,3-4,6-9,15-17,24,38H,2,5,10-14,18-19H2,(H,36,43)(H,37,42)/t24-,32?/m0/s1. The Bertz CT molecular complexity index is 1600. The summed E-state index contributed by atoms with van der Waals surface area (Å²) in [5, 5.41) is 10.7. The maximum absolute atomic E-state index is 14.1. The molecular formula is C32H32BrCl2N5O4. The van der Waals surface area contributed by atoms with E-state index in [4.69, 9.17) is 27.9 Å². The first-order chi connectivity index (χ1) is 21.2. The van der Waals surface area contributed by atoms with Crippen molar-refractivity contribution in [2.75, 3.05) is 50.0 Å². The van der Waals surface area contributed by atoms with Gasteiger partial charge in [0, 0.05) is 70.1 Å². The molecule has 2 fully saturated rings. The first-order valence-corrected chi connectivity index (χ1v) is 16.1. The largest absolute Gasteiger partial charge is 0.378 e. The molecule has 9 nitrogen and oxygen atoms in total. The Hall–Kier alpha value is -3.31. The van der Waals surface area contributed by atoms with E-state index in [0.717, 1.165) is 22.9 Å². The van der Waals surface area contributed by atoms with Gasteiger partial charge in [0.2, 0.25) is 0 Å². The van der Waals surface area contributed by atoms with Crippen molar-refractivity contribution in [2.24, 2.45) is 0 Å². The van der Waals surface area contributed by atoms with Gasteiger partial charge in [0.05, 0.1) is 18.8 Å². The van der Waals surface area contributed by atoms with Crippen molar-refractivity contribution in [3.63, 3.8) is 0 Å². The van der Waals surface area contributed by atoms with Crippen molar-refractivity contribution < 1.29 is 19.1 Å². The van der Waals surface area contributed by atoms with Crippen LogP contribution in [0.25, 0.3) is 0 Å². The number of nitrogens with one attached hydrogen (secondary N) is 3. The Labute approximate surface area is 274 Å². The third-order valence-electron chi connectivity index (χ3n) is 8.33. The van der Waals surface area contributed by atoms with E-state index in [2.05, 4.69) is 31.9 Å². The van der Waals surface area contributed by atoms with Crippen LogP contribution in [0.5, 0.6) is 0 Å². The quantitative estimate of drug-likeness (QED) is 0.297. The van der Waals surface area contributed by atoms with Gasteiger partial charge in [-0.05, 0) is 60.9 Å². The van der Waals surface area contributed by atoms with Gasteiger partial charge in [0.1, 0.15) is 5.54 Å². The van der Waals surface area contributed by atoms with Crippen molar-refractivity contribution in [3.05, 3.63) is 91.9 Å². The van der Waals surface area contributed by atoms with Gasteiger partial charge < -0.3 is 30.5 Å². The highest BCUT2D eigenvalue weighted by Crippen LogP contribution is 2.43. The van der Waals surface area contributed by atoms with E-state index in [1.807, 2.05) is 36.4 Å². The number of fused-ring (bicyclic) bond motifs is 1. The molecule has 12 heteroatoms. The fourth-order valence-corrected chi connectivity index (χ4v) is 6.90. The van der Waals surface area contributed by atoms with Crippen LogP contribution < -0.4 is 16.0 Å². The normalized spacial score (nSPS) is 21.4. The number of hydrogen-bond acceptors (Lipinski definition) is 5. The molecule has 0 radical (unpaired) electrons. The van der Waals surface area contributed by atoms with Crippen molar-refractivity contribution in [2.45, 2.75) is 30.8 Å². The van der Waals surface area contributed by atoms with E-state index < -0.39 is 5.54 Å². The third-order valence-corrected chi connectivity index (χ3v) is 9.29. The molecule has 3 heterocycles. The number of nitrogens with zero attached hydrogens (tertiary/aromatic N) is 2. The lowest BCUT2D eigenvalue weighted by atomic mass is 9.84. The number of urea groups is 1. The fourth-order valence-electron chi connectivity index (χ4n) is 6.16. The number of anilines is 2. The molecule has 0 bridgehead atoms. The summed E-state index contributed by atoms with van der Waals surface area (Å²) in [4.78, 5) is 44.4. The van der Waals surface area contributed by atoms with Crippen molar-refractivity contribution >= 4 is 68.4 Å². The second-order valence-electron chi connectivity index (χ2n) is 11.3. The lowest BCUT2D eigenvalue weighted by Crippen LogP contribution is -2.54. The number of hydrogen-bond donors (Lipinski definition) is 3. The second-order valence-corrected chi connectivity index (χ2v) is 13.1. The lowest BCUT2D eigenvalue weighted by Gasteiger charge is -2.36. The molecule has 0 saturated carbocycles. The average Bonchev–Trinajstić information content (AvgIpc) is 3.26. The van der Waals surface area contributed by atoms with E-state index >= 15 is 0 Å². The molecule has 0 spiro atoms. The highest BCUT2D eigenvalue weighted by Gasteiger charge is 2.48. The number of rotatable bonds is 6. The number of ether oxygens (including phenoxy) is 1. The van der Waals surface area contributed by atoms with Gasteiger partial charge in [-0.25, -0.2) is 4.79 Å². The van der Waals surface area contributed by atoms with Crippen molar-refractivity contribution in [1.82, 2.24) is 15.1 Å². The fraction of sp³-hybridized carbons (Fsp3) is 0.344. The first kappa shape index (κ1) is 30.7. The molecule has 0 aromatic heterocycles. The van der Waals surface area contributed by atoms with Crippen LogP contribution in [-0.2, 0) is 21.5 Å². The number of amides is 4. The molecule has 2 atom stereocenters. The Balaban J connectivity index is 1.30. The zero-order valence-electron chi connectivity index (χ0n) is 23.9. The van der Waals surface area contributed by atoms with E-state index in [9.17, 15) is 14.4 Å². The minimum Gasteiger partial charge on any atom is -0.378 e. The molecule has 0 aliphatic carbocycles. The molecular weight excluding hydrogens is 669 g/mol. The Morgan fingerprint density at radius 3 is 2.59 bits per heavy atom. The Morgan fingerprint density at radius 1 is 1.00 bits per heavy atom. The molecule has 3 aromatic carbocycles. The van der Waals surface area contributed by atoms with Crippen LogP contribution in [0, 0.1) is 0 Å². The number of halogens is 3. The summed E-state index contributed by atoms with van der Waals surface area (Å²) in [7, 11) is 0. The molecule has 44 heavy (non-hydrogen) atoms. The summed E-state index contributed by atoms with van der Waals surface area (Å²) in [6, 6.07) is 17.8. The molecule has 4 amide bonds. The van der Waals surface area contributed by atoms with E-state index in [0.29, 0.717) is 71.9 Å². The predicted molar refractivity (Wildman–Crippen MR) is 175 cm³/mol. The summed E-state index contributed by atoms with van der Waals surface area (Å²) >= 11 is 16.2. The maximum atomic E-state index is 14.1. The van der Waals surface area contributed by atoms with E-state index in [1.165, 1.54) is 0 Å². The van der Waals surface area contributed by atoms with Crippen LogP contribution in [0.4, 0.5) is 16.2 Å². The van der Waals surface area contributed by atoms with Gasteiger partial charge in [-0.15, -0.1) is 0 Å². The Morgan fingerprint density at radius 2 is 1.80 bits per heavy atom. The molecule has 3 N–H and O–H groups in total. The topological polar surface area (TPSA) is 103 Å². The van der Waals surface area contributed by atoms with Crippen LogP contribution in [0.2, 0.25) is 10.0 Å². The van der Waals surface area contributed by atoms with Crippen molar-refractivity contribution in [3.8, 4) is 0 Å². The Kier molecular flexibility index (Phi) is 9.05. The smallest absolute Gasteiger partial charge is 0.317 e. The summed E-state index contributed by atoms with van der Waals surface area (Å²) in [6.45, 7) is 3.10. The zero-order chi connectivity index (χ0) is 30.8. The van der Waals surface area contributed by atoms with Crippen LogP contribution in [-0.4, -0.2) is 73.1 Å². The molecule has 3 aromatic rings. The number of likely N-dealkylation sites (tertiary alicyclic amines) is 1. The summed E-state index contributed by atoms with van der Waals surface area (Å²) in [5.74, 6) is -0.449. The highest BCUT2D eigenvalue weighted by molar-refractivity contribution is 9.10. The van der Waals surface area contributed by atoms with Gasteiger partial charge in [-0.3, -0.25) is 9.59 Å². The average molecular weight is 701 g/mol. The molecule has 2 saturated heterocycles. The number of carbonyl (C=O) groups excluding carboxylic acids is 3. The molecule has 230 valence electrons. The van der Waals surface area contributed by atoms with Crippen molar-refractivity contribution in [1.29, 1.82) is 0 Å². The third kappa shape index (κ3) is 6.40. The molecule has 3 aliphatic rings. The number of benzene rings is 3. The SMILES string of the molecule is O=C(N[C@H]1CCCN(C(=O)c2ccc(Br)cc2NC2(Cc3cccc(Cl)c3)C(=O)Nc3cc(Cl)ccc32)C1)N1CCOCC1. The number of piperidine rings is 1. The molecule has 6 rings (SSSR count).